The standard InChI is InChI=1S/C21H21N7O2/c22-9-5-16-6-10-26(11-7-16)18-1-3-19(4-2-18)28-15-20(30-21(28)29)14-27-12-8-17(13-23)24-25-27/h1-5,8,12,17,20H,6-7,10-11,14-15H2/t17?,20-/m0/s1. The van der Waals surface area contributed by atoms with Crippen molar-refractivity contribution in [3.63, 3.8) is 0 Å². The lowest BCUT2D eigenvalue weighted by Crippen LogP contribution is -2.31. The molecule has 3 aliphatic rings. The van der Waals surface area contributed by atoms with E-state index in [2.05, 4.69) is 21.3 Å². The molecule has 3 heterocycles. The first-order valence-corrected chi connectivity index (χ1v) is 9.82. The molecule has 1 aromatic rings. The molecule has 9 heteroatoms. The summed E-state index contributed by atoms with van der Waals surface area (Å²) >= 11 is 0. The zero-order valence-corrected chi connectivity index (χ0v) is 16.4. The van der Waals surface area contributed by atoms with E-state index in [1.54, 1.807) is 28.3 Å². The highest BCUT2D eigenvalue weighted by Gasteiger charge is 2.33. The maximum atomic E-state index is 12.3. The van der Waals surface area contributed by atoms with Gasteiger partial charge in [0.2, 0.25) is 0 Å². The number of ether oxygens (including phenoxy) is 1. The second-order valence-electron chi connectivity index (χ2n) is 7.29. The number of nitriles is 2. The Balaban J connectivity index is 1.34. The van der Waals surface area contributed by atoms with Gasteiger partial charge in [-0.2, -0.15) is 10.5 Å². The maximum Gasteiger partial charge on any atom is 0.414 e. The maximum absolute atomic E-state index is 12.3. The predicted molar refractivity (Wildman–Crippen MR) is 109 cm³/mol. The van der Waals surface area contributed by atoms with Crippen molar-refractivity contribution in [2.45, 2.75) is 25.0 Å². The van der Waals surface area contributed by atoms with Gasteiger partial charge in [-0.25, -0.2) is 4.79 Å². The number of benzene rings is 1. The number of nitrogens with zero attached hydrogens (tertiary/aromatic N) is 7. The average molecular weight is 403 g/mol. The molecule has 3 aliphatic heterocycles. The summed E-state index contributed by atoms with van der Waals surface area (Å²) < 4.78 is 5.47. The molecular weight excluding hydrogens is 382 g/mol. The lowest BCUT2D eigenvalue weighted by atomic mass is 10.0. The van der Waals surface area contributed by atoms with Crippen molar-refractivity contribution >= 4 is 17.5 Å². The number of amides is 1. The summed E-state index contributed by atoms with van der Waals surface area (Å²) in [5.41, 5.74) is 3.08. The number of rotatable bonds is 4. The Morgan fingerprint density at radius 2 is 1.90 bits per heavy atom. The summed E-state index contributed by atoms with van der Waals surface area (Å²) in [7, 11) is 0. The summed E-state index contributed by atoms with van der Waals surface area (Å²) in [6.07, 6.45) is 6.05. The van der Waals surface area contributed by atoms with Crippen LogP contribution in [0, 0.1) is 22.7 Å². The fraction of sp³-hybridized carbons (Fsp3) is 0.381. The van der Waals surface area contributed by atoms with E-state index in [4.69, 9.17) is 15.3 Å². The van der Waals surface area contributed by atoms with Gasteiger partial charge in [0.25, 0.3) is 0 Å². The van der Waals surface area contributed by atoms with E-state index < -0.39 is 6.04 Å². The van der Waals surface area contributed by atoms with Crippen molar-refractivity contribution in [1.82, 2.24) is 5.01 Å². The topological polar surface area (TPSA) is 108 Å². The van der Waals surface area contributed by atoms with Crippen LogP contribution < -0.4 is 9.80 Å². The summed E-state index contributed by atoms with van der Waals surface area (Å²) in [6, 6.07) is 11.4. The van der Waals surface area contributed by atoms with Crippen molar-refractivity contribution in [3.8, 4) is 12.1 Å². The SMILES string of the molecule is N#CC=C1CCN(c2ccc(N3C[C@H](CN4C=CC(C#N)N=N4)OC3=O)cc2)CC1. The van der Waals surface area contributed by atoms with Crippen LogP contribution in [0.5, 0.6) is 0 Å². The van der Waals surface area contributed by atoms with E-state index in [9.17, 15) is 4.79 Å². The number of hydrogen-bond donors (Lipinski definition) is 0. The molecule has 0 aliphatic carbocycles. The smallest absolute Gasteiger partial charge is 0.414 e. The Morgan fingerprint density at radius 1 is 1.17 bits per heavy atom. The number of anilines is 2. The van der Waals surface area contributed by atoms with Gasteiger partial charge < -0.3 is 9.64 Å². The van der Waals surface area contributed by atoms with Gasteiger partial charge in [0.15, 0.2) is 6.04 Å². The van der Waals surface area contributed by atoms with Gasteiger partial charge >= 0.3 is 6.09 Å². The molecule has 4 rings (SSSR count). The van der Waals surface area contributed by atoms with Gasteiger partial charge in [0, 0.05) is 36.7 Å². The predicted octanol–water partition coefficient (Wildman–Crippen LogP) is 3.15. The molecule has 1 amide bonds. The van der Waals surface area contributed by atoms with Gasteiger partial charge in [-0.3, -0.25) is 9.91 Å². The van der Waals surface area contributed by atoms with E-state index >= 15 is 0 Å². The molecule has 0 saturated carbocycles. The van der Waals surface area contributed by atoms with Crippen LogP contribution in [0.1, 0.15) is 12.8 Å². The molecular formula is C21H21N7O2. The largest absolute Gasteiger partial charge is 0.442 e. The molecule has 0 N–H and O–H groups in total. The highest BCUT2D eigenvalue weighted by molar-refractivity contribution is 5.90. The first-order chi connectivity index (χ1) is 14.7. The van der Waals surface area contributed by atoms with Gasteiger partial charge in [0.1, 0.15) is 6.10 Å². The number of carbonyl (C=O) groups excluding carboxylic acids is 1. The highest BCUT2D eigenvalue weighted by Crippen LogP contribution is 2.28. The van der Waals surface area contributed by atoms with Crippen molar-refractivity contribution in [2.24, 2.45) is 10.3 Å². The first-order valence-electron chi connectivity index (χ1n) is 9.82. The summed E-state index contributed by atoms with van der Waals surface area (Å²) in [5.74, 6) is 0. The molecule has 152 valence electrons. The Bertz CT molecular complexity index is 947. The molecule has 2 atom stereocenters. The molecule has 9 nitrogen and oxygen atoms in total. The number of allylic oxidation sites excluding steroid dienone is 1. The van der Waals surface area contributed by atoms with Gasteiger partial charge in [-0.15, -0.1) is 5.11 Å². The van der Waals surface area contributed by atoms with Crippen LogP contribution in [-0.4, -0.2) is 49.4 Å². The summed E-state index contributed by atoms with van der Waals surface area (Å²) in [5, 5.41) is 27.0. The van der Waals surface area contributed by atoms with E-state index in [1.165, 1.54) is 5.57 Å². The third-order valence-electron chi connectivity index (χ3n) is 5.33. The summed E-state index contributed by atoms with van der Waals surface area (Å²) in [4.78, 5) is 16.2. The molecule has 0 bridgehead atoms. The van der Waals surface area contributed by atoms with Crippen LogP contribution in [0.4, 0.5) is 16.2 Å². The number of hydrogen-bond acceptors (Lipinski definition) is 8. The first kappa shape index (κ1) is 19.5. The molecule has 0 spiro atoms. The van der Waals surface area contributed by atoms with Crippen molar-refractivity contribution in [3.05, 3.63) is 48.2 Å². The fourth-order valence-corrected chi connectivity index (χ4v) is 3.70. The third kappa shape index (κ3) is 4.26. The lowest BCUT2D eigenvalue weighted by molar-refractivity contribution is 0.120. The monoisotopic (exact) mass is 403 g/mol. The van der Waals surface area contributed by atoms with E-state index in [0.29, 0.717) is 13.1 Å². The molecule has 1 unspecified atom stereocenters. The molecule has 2 saturated heterocycles. The number of cyclic esters (lactones) is 1. The van der Waals surface area contributed by atoms with Crippen LogP contribution in [0.15, 0.2) is 58.5 Å². The minimum Gasteiger partial charge on any atom is -0.442 e. The fourth-order valence-electron chi connectivity index (χ4n) is 3.70. The Labute approximate surface area is 174 Å². The molecule has 30 heavy (non-hydrogen) atoms. The Hall–Kier alpha value is -3.85. The van der Waals surface area contributed by atoms with E-state index in [1.807, 2.05) is 30.3 Å². The second-order valence-corrected chi connectivity index (χ2v) is 7.29. The molecule has 1 aromatic carbocycles. The molecule has 0 aromatic heterocycles. The van der Waals surface area contributed by atoms with Crippen LogP contribution >= 0.6 is 0 Å². The average Bonchev–Trinajstić information content (AvgIpc) is 3.15. The lowest BCUT2D eigenvalue weighted by Gasteiger charge is -2.30. The molecule has 0 radical (unpaired) electrons. The van der Waals surface area contributed by atoms with Crippen LogP contribution in [0.3, 0.4) is 0 Å². The zero-order valence-electron chi connectivity index (χ0n) is 16.4. The van der Waals surface area contributed by atoms with Crippen molar-refractivity contribution in [1.29, 1.82) is 10.5 Å². The number of piperidine rings is 1. The Morgan fingerprint density at radius 3 is 2.53 bits per heavy atom. The van der Waals surface area contributed by atoms with E-state index in [0.717, 1.165) is 37.3 Å². The second kappa shape index (κ2) is 8.66. The van der Waals surface area contributed by atoms with E-state index in [-0.39, 0.29) is 12.2 Å². The van der Waals surface area contributed by atoms with Crippen LogP contribution in [0.2, 0.25) is 0 Å². The normalized spacial score (nSPS) is 23.2. The summed E-state index contributed by atoms with van der Waals surface area (Å²) in [6.45, 7) is 2.56. The van der Waals surface area contributed by atoms with Gasteiger partial charge in [-0.1, -0.05) is 10.8 Å². The quantitative estimate of drug-likeness (QED) is 0.715. The van der Waals surface area contributed by atoms with Crippen molar-refractivity contribution < 1.29 is 9.53 Å². The van der Waals surface area contributed by atoms with Crippen molar-refractivity contribution in [2.75, 3.05) is 36.0 Å². The minimum atomic E-state index is -0.559. The number of carbonyl (C=O) groups is 1. The third-order valence-corrected chi connectivity index (χ3v) is 5.33. The Kier molecular flexibility index (Phi) is 5.62. The van der Waals surface area contributed by atoms with Crippen LogP contribution in [0.25, 0.3) is 0 Å². The van der Waals surface area contributed by atoms with Gasteiger partial charge in [-0.05, 0) is 43.2 Å². The highest BCUT2D eigenvalue weighted by atomic mass is 16.6. The van der Waals surface area contributed by atoms with Gasteiger partial charge in [0.05, 0.1) is 25.2 Å². The zero-order chi connectivity index (χ0) is 20.9. The molecule has 2 fully saturated rings. The van der Waals surface area contributed by atoms with Crippen LogP contribution in [-0.2, 0) is 4.74 Å². The minimum absolute atomic E-state index is 0.341.